The summed E-state index contributed by atoms with van der Waals surface area (Å²) >= 11 is 3.37. The van der Waals surface area contributed by atoms with Gasteiger partial charge in [0.15, 0.2) is 0 Å². The fraction of sp³-hybridized carbons (Fsp3) is 0.364. The molecule has 2 heterocycles. The van der Waals surface area contributed by atoms with Crippen LogP contribution in [0, 0.1) is 0 Å². The lowest BCUT2D eigenvalue weighted by Crippen LogP contribution is -2.20. The third-order valence-electron chi connectivity index (χ3n) is 2.35. The van der Waals surface area contributed by atoms with E-state index in [9.17, 15) is 0 Å². The molecule has 1 aliphatic rings. The molecule has 0 fully saturated rings. The average molecular weight is 269 g/mol. The number of ether oxygens (including phenoxy) is 1. The fourth-order valence-electron chi connectivity index (χ4n) is 1.63. The van der Waals surface area contributed by atoms with E-state index in [2.05, 4.69) is 32.3 Å². The van der Waals surface area contributed by atoms with Crippen LogP contribution < -0.4 is 5.32 Å². The Hall–Kier alpha value is -0.870. The number of halogens is 1. The van der Waals surface area contributed by atoms with Gasteiger partial charge in [-0.3, -0.25) is 4.98 Å². The topological polar surface area (TPSA) is 34.1 Å². The second kappa shape index (κ2) is 4.77. The summed E-state index contributed by atoms with van der Waals surface area (Å²) in [6, 6.07) is 4.05. The molecule has 0 aromatic carbocycles. The zero-order chi connectivity index (χ0) is 10.7. The smallest absolute Gasteiger partial charge is 0.115 e. The number of rotatable bonds is 3. The number of pyridine rings is 1. The van der Waals surface area contributed by atoms with Crippen LogP contribution in [0.25, 0.3) is 0 Å². The van der Waals surface area contributed by atoms with Crippen LogP contribution in [0.1, 0.15) is 18.2 Å². The van der Waals surface area contributed by atoms with Gasteiger partial charge in [-0.15, -0.1) is 0 Å². The molecule has 0 radical (unpaired) electrons. The molecule has 3 nitrogen and oxygen atoms in total. The Morgan fingerprint density at radius 3 is 2.93 bits per heavy atom. The maximum atomic E-state index is 5.54. The zero-order valence-corrected chi connectivity index (χ0v) is 10.1. The highest BCUT2D eigenvalue weighted by Crippen LogP contribution is 2.25. The van der Waals surface area contributed by atoms with Crippen LogP contribution in [0.15, 0.2) is 34.6 Å². The van der Waals surface area contributed by atoms with E-state index in [0.717, 1.165) is 29.0 Å². The van der Waals surface area contributed by atoms with Crippen LogP contribution in [-0.2, 0) is 4.74 Å². The quantitative estimate of drug-likeness (QED) is 0.915. The van der Waals surface area contributed by atoms with Crippen molar-refractivity contribution in [1.29, 1.82) is 0 Å². The number of nitrogens with one attached hydrogen (secondary N) is 1. The monoisotopic (exact) mass is 268 g/mol. The van der Waals surface area contributed by atoms with Gasteiger partial charge in [0, 0.05) is 17.1 Å². The van der Waals surface area contributed by atoms with E-state index >= 15 is 0 Å². The molecule has 1 N–H and O–H groups in total. The number of hydrogen-bond donors (Lipinski definition) is 1. The van der Waals surface area contributed by atoms with Gasteiger partial charge in [0.25, 0.3) is 0 Å². The number of nitrogens with zero attached hydrogens (tertiary/aromatic N) is 1. The van der Waals surface area contributed by atoms with Gasteiger partial charge in [-0.05, 0) is 41.2 Å². The van der Waals surface area contributed by atoms with Gasteiger partial charge in [-0.1, -0.05) is 0 Å². The first-order valence-corrected chi connectivity index (χ1v) is 5.72. The van der Waals surface area contributed by atoms with Gasteiger partial charge in [-0.2, -0.15) is 0 Å². The SMILES string of the molecule is CNC(C1=CCCO1)c1ccc(Br)cn1. The van der Waals surface area contributed by atoms with Crippen LogP contribution in [0.5, 0.6) is 0 Å². The van der Waals surface area contributed by atoms with Gasteiger partial charge in [0.05, 0.1) is 12.3 Å². The van der Waals surface area contributed by atoms with E-state index in [0.29, 0.717) is 0 Å². The van der Waals surface area contributed by atoms with Crippen molar-refractivity contribution in [2.24, 2.45) is 0 Å². The summed E-state index contributed by atoms with van der Waals surface area (Å²) in [5.41, 5.74) is 0.980. The summed E-state index contributed by atoms with van der Waals surface area (Å²) < 4.78 is 6.53. The molecular weight excluding hydrogens is 256 g/mol. The summed E-state index contributed by atoms with van der Waals surface area (Å²) in [7, 11) is 1.91. The van der Waals surface area contributed by atoms with Crippen molar-refractivity contribution in [1.82, 2.24) is 10.3 Å². The number of hydrogen-bond acceptors (Lipinski definition) is 3. The fourth-order valence-corrected chi connectivity index (χ4v) is 1.87. The standard InChI is InChI=1S/C11H13BrN2O/c1-13-11(10-3-2-6-15-10)9-5-4-8(12)7-14-9/h3-5,7,11,13H,2,6H2,1H3. The molecule has 2 rings (SSSR count). The van der Waals surface area contributed by atoms with E-state index in [-0.39, 0.29) is 6.04 Å². The van der Waals surface area contributed by atoms with Gasteiger partial charge >= 0.3 is 0 Å². The van der Waals surface area contributed by atoms with E-state index < -0.39 is 0 Å². The highest BCUT2D eigenvalue weighted by atomic mass is 79.9. The highest BCUT2D eigenvalue weighted by Gasteiger charge is 2.19. The second-order valence-electron chi connectivity index (χ2n) is 3.37. The molecule has 0 amide bonds. The molecule has 0 bridgehead atoms. The third-order valence-corrected chi connectivity index (χ3v) is 2.82. The van der Waals surface area contributed by atoms with Crippen molar-refractivity contribution in [2.75, 3.05) is 13.7 Å². The van der Waals surface area contributed by atoms with Crippen LogP contribution >= 0.6 is 15.9 Å². The molecule has 15 heavy (non-hydrogen) atoms. The van der Waals surface area contributed by atoms with E-state index in [4.69, 9.17) is 4.74 Å². The lowest BCUT2D eigenvalue weighted by atomic mass is 10.1. The molecule has 4 heteroatoms. The first kappa shape index (κ1) is 10.6. The summed E-state index contributed by atoms with van der Waals surface area (Å²) in [6.07, 6.45) is 4.91. The lowest BCUT2D eigenvalue weighted by molar-refractivity contribution is 0.217. The van der Waals surface area contributed by atoms with Gasteiger partial charge in [0.2, 0.25) is 0 Å². The molecule has 1 unspecified atom stereocenters. The van der Waals surface area contributed by atoms with Gasteiger partial charge in [0.1, 0.15) is 11.8 Å². The van der Waals surface area contributed by atoms with Gasteiger partial charge < -0.3 is 10.1 Å². The largest absolute Gasteiger partial charge is 0.496 e. The summed E-state index contributed by atoms with van der Waals surface area (Å²) in [5.74, 6) is 0.979. The molecule has 0 saturated heterocycles. The maximum Gasteiger partial charge on any atom is 0.115 e. The third kappa shape index (κ3) is 2.38. The minimum Gasteiger partial charge on any atom is -0.496 e. The lowest BCUT2D eigenvalue weighted by Gasteiger charge is -2.16. The summed E-state index contributed by atoms with van der Waals surface area (Å²) in [5, 5.41) is 3.21. The van der Waals surface area contributed by atoms with Crippen molar-refractivity contribution >= 4 is 15.9 Å². The maximum absolute atomic E-state index is 5.54. The van der Waals surface area contributed by atoms with E-state index in [1.165, 1.54) is 0 Å². The molecule has 1 aromatic heterocycles. The minimum absolute atomic E-state index is 0.0700. The number of aromatic nitrogens is 1. The van der Waals surface area contributed by atoms with Crippen molar-refractivity contribution < 1.29 is 4.74 Å². The normalized spacial score (nSPS) is 17.1. The first-order valence-electron chi connectivity index (χ1n) is 4.93. The Balaban J connectivity index is 2.22. The van der Waals surface area contributed by atoms with Crippen LogP contribution in [0.2, 0.25) is 0 Å². The second-order valence-corrected chi connectivity index (χ2v) is 4.28. The van der Waals surface area contributed by atoms with Crippen LogP contribution in [-0.4, -0.2) is 18.6 Å². The molecule has 1 aromatic rings. The Labute approximate surface area is 97.7 Å². The predicted molar refractivity (Wildman–Crippen MR) is 62.4 cm³/mol. The van der Waals surface area contributed by atoms with Crippen LogP contribution in [0.4, 0.5) is 0 Å². The van der Waals surface area contributed by atoms with Gasteiger partial charge in [-0.25, -0.2) is 0 Å². The molecular formula is C11H13BrN2O. The Bertz CT molecular complexity index is 361. The molecule has 1 atom stereocenters. The van der Waals surface area contributed by atoms with Crippen molar-refractivity contribution in [3.63, 3.8) is 0 Å². The Morgan fingerprint density at radius 1 is 1.53 bits per heavy atom. The first-order chi connectivity index (χ1) is 7.31. The summed E-state index contributed by atoms with van der Waals surface area (Å²) in [6.45, 7) is 0.782. The molecule has 0 saturated carbocycles. The molecule has 0 aliphatic carbocycles. The van der Waals surface area contributed by atoms with Crippen LogP contribution in [0.3, 0.4) is 0 Å². The minimum atomic E-state index is 0.0700. The molecule has 80 valence electrons. The molecule has 0 spiro atoms. The highest BCUT2D eigenvalue weighted by molar-refractivity contribution is 9.10. The van der Waals surface area contributed by atoms with E-state index in [1.54, 1.807) is 6.20 Å². The number of likely N-dealkylation sites (N-methyl/N-ethyl adjacent to an activating group) is 1. The molecule has 1 aliphatic heterocycles. The van der Waals surface area contributed by atoms with E-state index in [1.807, 2.05) is 19.2 Å². The Kier molecular flexibility index (Phi) is 3.38. The van der Waals surface area contributed by atoms with Crippen molar-refractivity contribution in [3.05, 3.63) is 40.3 Å². The van der Waals surface area contributed by atoms with Crippen molar-refractivity contribution in [2.45, 2.75) is 12.5 Å². The average Bonchev–Trinajstić information content (AvgIpc) is 2.75. The Morgan fingerprint density at radius 2 is 2.40 bits per heavy atom. The zero-order valence-electron chi connectivity index (χ0n) is 8.53. The summed E-state index contributed by atoms with van der Waals surface area (Å²) in [4.78, 5) is 4.36. The van der Waals surface area contributed by atoms with Crippen molar-refractivity contribution in [3.8, 4) is 0 Å². The predicted octanol–water partition coefficient (Wildman–Crippen LogP) is 2.41.